The van der Waals surface area contributed by atoms with Gasteiger partial charge in [-0.15, -0.1) is 36.2 Å². The van der Waals surface area contributed by atoms with Gasteiger partial charge in [0.2, 0.25) is 0 Å². The second kappa shape index (κ2) is 6.13. The van der Waals surface area contributed by atoms with E-state index in [1.54, 1.807) is 17.5 Å². The van der Waals surface area contributed by atoms with Crippen molar-refractivity contribution in [3.63, 3.8) is 0 Å². The lowest BCUT2D eigenvalue weighted by molar-refractivity contribution is 1.37. The lowest BCUT2D eigenvalue weighted by Crippen LogP contribution is -1.83. The number of hydrogen-bond donors (Lipinski definition) is 1. The molecule has 1 aromatic rings. The summed E-state index contributed by atoms with van der Waals surface area (Å²) < 4.78 is 0. The highest BCUT2D eigenvalue weighted by Gasteiger charge is 1.82. The molecule has 0 fully saturated rings. The standard InChI is InChI=1S/C4H6N2S.2ClH/c1-5-4-6-2-3-7-4;;/h2-3H,1H3,(H,5,6);2*1H. The smallest absolute Gasteiger partial charge is 0.182 e. The quantitative estimate of drug-likeness (QED) is 0.727. The van der Waals surface area contributed by atoms with Crippen LogP contribution in [-0.4, -0.2) is 12.0 Å². The Hall–Kier alpha value is 0.01000. The van der Waals surface area contributed by atoms with E-state index in [0.717, 1.165) is 5.13 Å². The molecule has 54 valence electrons. The fourth-order valence-electron chi connectivity index (χ4n) is 0.347. The van der Waals surface area contributed by atoms with Gasteiger partial charge in [-0.25, -0.2) is 4.98 Å². The topological polar surface area (TPSA) is 24.9 Å². The largest absolute Gasteiger partial charge is 0.365 e. The first-order chi connectivity index (χ1) is 3.43. The number of nitrogens with one attached hydrogen (secondary N) is 1. The molecule has 0 bridgehead atoms. The molecule has 1 N–H and O–H groups in total. The SMILES string of the molecule is CNc1nccs1.Cl.Cl. The molecule has 0 atom stereocenters. The molecule has 0 aliphatic rings. The summed E-state index contributed by atoms with van der Waals surface area (Å²) in [5.41, 5.74) is 0. The van der Waals surface area contributed by atoms with Crippen LogP contribution in [0.1, 0.15) is 0 Å². The van der Waals surface area contributed by atoms with E-state index >= 15 is 0 Å². The van der Waals surface area contributed by atoms with Gasteiger partial charge in [-0.05, 0) is 0 Å². The van der Waals surface area contributed by atoms with Crippen LogP contribution in [0.5, 0.6) is 0 Å². The van der Waals surface area contributed by atoms with Crippen LogP contribution in [0, 0.1) is 0 Å². The Balaban J connectivity index is 0. The predicted octanol–water partition coefficient (Wildman–Crippen LogP) is 2.03. The summed E-state index contributed by atoms with van der Waals surface area (Å²) in [5, 5.41) is 5.82. The van der Waals surface area contributed by atoms with Gasteiger partial charge in [0.1, 0.15) is 0 Å². The minimum atomic E-state index is 0. The molecule has 0 spiro atoms. The van der Waals surface area contributed by atoms with E-state index in [-0.39, 0.29) is 24.8 Å². The van der Waals surface area contributed by atoms with Crippen molar-refractivity contribution in [1.29, 1.82) is 0 Å². The van der Waals surface area contributed by atoms with Crippen LogP contribution in [-0.2, 0) is 0 Å². The summed E-state index contributed by atoms with van der Waals surface area (Å²) >= 11 is 1.60. The number of nitrogens with zero attached hydrogens (tertiary/aromatic N) is 1. The molecule has 0 aromatic carbocycles. The van der Waals surface area contributed by atoms with E-state index in [4.69, 9.17) is 0 Å². The zero-order valence-electron chi connectivity index (χ0n) is 4.83. The van der Waals surface area contributed by atoms with Crippen LogP contribution < -0.4 is 5.32 Å². The first kappa shape index (κ1) is 11.8. The number of hydrogen-bond acceptors (Lipinski definition) is 3. The molecule has 0 unspecified atom stereocenters. The predicted molar refractivity (Wildman–Crippen MR) is 46.2 cm³/mol. The number of aromatic nitrogens is 1. The molecule has 1 rings (SSSR count). The van der Waals surface area contributed by atoms with E-state index in [9.17, 15) is 0 Å². The number of anilines is 1. The highest BCUT2D eigenvalue weighted by Crippen LogP contribution is 2.07. The van der Waals surface area contributed by atoms with Gasteiger partial charge >= 0.3 is 0 Å². The van der Waals surface area contributed by atoms with E-state index in [0.29, 0.717) is 0 Å². The average molecular weight is 187 g/mol. The summed E-state index contributed by atoms with van der Waals surface area (Å²) in [5.74, 6) is 0. The van der Waals surface area contributed by atoms with Crippen LogP contribution in [0.2, 0.25) is 0 Å². The van der Waals surface area contributed by atoms with Gasteiger partial charge in [-0.3, -0.25) is 0 Å². The minimum absolute atomic E-state index is 0. The Labute approximate surface area is 70.5 Å². The van der Waals surface area contributed by atoms with Gasteiger partial charge in [-0.2, -0.15) is 0 Å². The first-order valence-electron chi connectivity index (χ1n) is 2.00. The highest BCUT2D eigenvalue weighted by molar-refractivity contribution is 7.13. The van der Waals surface area contributed by atoms with Gasteiger partial charge in [-0.1, -0.05) is 0 Å². The van der Waals surface area contributed by atoms with Crippen LogP contribution in [0.3, 0.4) is 0 Å². The van der Waals surface area contributed by atoms with Crippen LogP contribution >= 0.6 is 36.2 Å². The van der Waals surface area contributed by atoms with Gasteiger partial charge in [0.05, 0.1) is 0 Å². The molecule has 1 aromatic heterocycles. The molecule has 0 aliphatic carbocycles. The monoisotopic (exact) mass is 186 g/mol. The molecular weight excluding hydrogens is 179 g/mol. The molecule has 1 heterocycles. The third kappa shape index (κ3) is 3.56. The zero-order valence-corrected chi connectivity index (χ0v) is 7.28. The van der Waals surface area contributed by atoms with E-state index in [1.165, 1.54) is 0 Å². The van der Waals surface area contributed by atoms with Crippen molar-refractivity contribution in [3.8, 4) is 0 Å². The van der Waals surface area contributed by atoms with Gasteiger partial charge < -0.3 is 5.32 Å². The van der Waals surface area contributed by atoms with Gasteiger partial charge in [0.15, 0.2) is 5.13 Å². The Morgan fingerprint density at radius 1 is 1.56 bits per heavy atom. The average Bonchev–Trinajstić information content (AvgIpc) is 2.14. The van der Waals surface area contributed by atoms with Crippen molar-refractivity contribution in [2.75, 3.05) is 12.4 Å². The van der Waals surface area contributed by atoms with Crippen LogP contribution in [0.15, 0.2) is 11.6 Å². The fourth-order valence-corrected chi connectivity index (χ4v) is 0.837. The second-order valence-electron chi connectivity index (χ2n) is 1.09. The molecular formula is C4H8Cl2N2S. The maximum atomic E-state index is 3.94. The molecule has 2 nitrogen and oxygen atoms in total. The summed E-state index contributed by atoms with van der Waals surface area (Å²) in [7, 11) is 1.86. The fraction of sp³-hybridized carbons (Fsp3) is 0.250. The summed E-state index contributed by atoms with van der Waals surface area (Å²) in [6.45, 7) is 0. The Morgan fingerprint density at radius 3 is 2.44 bits per heavy atom. The van der Waals surface area contributed by atoms with Crippen molar-refractivity contribution in [3.05, 3.63) is 11.6 Å². The maximum Gasteiger partial charge on any atom is 0.182 e. The molecule has 0 saturated carbocycles. The molecule has 0 aliphatic heterocycles. The van der Waals surface area contributed by atoms with E-state index in [2.05, 4.69) is 10.3 Å². The first-order valence-corrected chi connectivity index (χ1v) is 2.88. The summed E-state index contributed by atoms with van der Waals surface area (Å²) in [6, 6.07) is 0. The third-order valence-corrected chi connectivity index (χ3v) is 1.44. The van der Waals surface area contributed by atoms with Crippen LogP contribution in [0.25, 0.3) is 0 Å². The zero-order chi connectivity index (χ0) is 5.11. The minimum Gasteiger partial charge on any atom is -0.365 e. The van der Waals surface area contributed by atoms with E-state index in [1.807, 2.05) is 12.4 Å². The Morgan fingerprint density at radius 2 is 2.22 bits per heavy atom. The summed E-state index contributed by atoms with van der Waals surface area (Å²) in [4.78, 5) is 3.94. The molecule has 0 radical (unpaired) electrons. The van der Waals surface area contributed by atoms with E-state index < -0.39 is 0 Å². The number of rotatable bonds is 1. The molecule has 5 heteroatoms. The lowest BCUT2D eigenvalue weighted by Gasteiger charge is -1.84. The third-order valence-electron chi connectivity index (χ3n) is 0.646. The Bertz CT molecular complexity index is 131. The lowest BCUT2D eigenvalue weighted by atomic mass is 11.0. The molecule has 0 saturated heterocycles. The van der Waals surface area contributed by atoms with Crippen molar-refractivity contribution in [1.82, 2.24) is 4.98 Å². The van der Waals surface area contributed by atoms with Crippen molar-refractivity contribution >= 4 is 41.3 Å². The van der Waals surface area contributed by atoms with Crippen LogP contribution in [0.4, 0.5) is 5.13 Å². The number of thiazole rings is 1. The highest BCUT2D eigenvalue weighted by atomic mass is 35.5. The van der Waals surface area contributed by atoms with Crippen molar-refractivity contribution in [2.45, 2.75) is 0 Å². The number of halogens is 2. The molecule has 9 heavy (non-hydrogen) atoms. The van der Waals surface area contributed by atoms with Crippen molar-refractivity contribution < 1.29 is 0 Å². The second-order valence-corrected chi connectivity index (χ2v) is 1.98. The Kier molecular flexibility index (Phi) is 8.02. The summed E-state index contributed by atoms with van der Waals surface area (Å²) in [6.07, 6.45) is 1.77. The van der Waals surface area contributed by atoms with Gasteiger partial charge in [0, 0.05) is 18.6 Å². The normalized spacial score (nSPS) is 6.78. The van der Waals surface area contributed by atoms with Gasteiger partial charge in [0.25, 0.3) is 0 Å². The molecule has 0 amide bonds. The van der Waals surface area contributed by atoms with Crippen molar-refractivity contribution in [2.24, 2.45) is 0 Å². The maximum absolute atomic E-state index is 3.94.